The Hall–Kier alpha value is -2.61. The number of hydrogen-bond acceptors (Lipinski definition) is 4. The van der Waals surface area contributed by atoms with Gasteiger partial charge in [0.2, 0.25) is 0 Å². The number of carbonyl (C=O) groups excluding carboxylic acids is 1. The average Bonchev–Trinajstić information content (AvgIpc) is 2.87. The number of thioether (sulfide) groups is 1. The maximum Gasteiger partial charge on any atom is 0.418 e. The summed E-state index contributed by atoms with van der Waals surface area (Å²) in [6.45, 7) is 0. The van der Waals surface area contributed by atoms with E-state index in [0.717, 1.165) is 17.8 Å². The van der Waals surface area contributed by atoms with Crippen molar-refractivity contribution in [3.05, 3.63) is 64.8 Å². The van der Waals surface area contributed by atoms with Gasteiger partial charge in [-0.25, -0.2) is 4.99 Å². The molecule has 0 radical (unpaired) electrons. The van der Waals surface area contributed by atoms with Gasteiger partial charge < -0.3 is 5.32 Å². The van der Waals surface area contributed by atoms with E-state index in [1.165, 1.54) is 18.2 Å². The number of amides is 1. The molecule has 1 aliphatic heterocycles. The van der Waals surface area contributed by atoms with E-state index in [0.29, 0.717) is 10.5 Å². The summed E-state index contributed by atoms with van der Waals surface area (Å²) < 4.78 is 38.9. The number of aromatic nitrogens is 1. The van der Waals surface area contributed by atoms with Gasteiger partial charge in [0, 0.05) is 12.4 Å². The van der Waals surface area contributed by atoms with Crippen LogP contribution in [0.4, 0.5) is 18.9 Å². The second-order valence-electron chi connectivity index (χ2n) is 4.78. The lowest BCUT2D eigenvalue weighted by molar-refractivity contribution is -0.137. The zero-order valence-corrected chi connectivity index (χ0v) is 12.9. The topological polar surface area (TPSA) is 54.4 Å². The van der Waals surface area contributed by atoms with Crippen molar-refractivity contribution >= 4 is 34.6 Å². The number of para-hydroxylation sites is 1. The van der Waals surface area contributed by atoms with Gasteiger partial charge in [0.05, 0.1) is 16.2 Å². The number of hydrogen-bond donors (Lipinski definition) is 1. The summed E-state index contributed by atoms with van der Waals surface area (Å²) in [7, 11) is 0. The predicted molar refractivity (Wildman–Crippen MR) is 86.5 cm³/mol. The Balaban J connectivity index is 1.89. The predicted octanol–water partition coefficient (Wildman–Crippen LogP) is 3.99. The Morgan fingerprint density at radius 1 is 1.17 bits per heavy atom. The molecule has 2 heterocycles. The van der Waals surface area contributed by atoms with Crippen molar-refractivity contribution in [2.45, 2.75) is 6.18 Å². The van der Waals surface area contributed by atoms with E-state index in [4.69, 9.17) is 0 Å². The SMILES string of the molecule is O=C1NC(=Nc2ccccc2C(F)(F)F)SC1=Cc1cccnc1. The molecule has 0 saturated carbocycles. The van der Waals surface area contributed by atoms with E-state index in [2.05, 4.69) is 15.3 Å². The number of carbonyl (C=O) groups is 1. The number of aliphatic imine (C=N–C) groups is 1. The van der Waals surface area contributed by atoms with Crippen LogP contribution in [-0.2, 0) is 11.0 Å². The molecule has 0 aliphatic carbocycles. The molecule has 1 aromatic carbocycles. The number of halogens is 3. The highest BCUT2D eigenvalue weighted by molar-refractivity contribution is 8.18. The van der Waals surface area contributed by atoms with Gasteiger partial charge in [-0.3, -0.25) is 9.78 Å². The first-order valence-corrected chi connectivity index (χ1v) is 7.61. The van der Waals surface area contributed by atoms with Gasteiger partial charge in [-0.2, -0.15) is 13.2 Å². The molecule has 0 unspecified atom stereocenters. The fourth-order valence-electron chi connectivity index (χ4n) is 2.01. The normalized spacial score (nSPS) is 18.2. The summed E-state index contributed by atoms with van der Waals surface area (Å²) in [5.41, 5.74) is -0.375. The van der Waals surface area contributed by atoms with Crippen LogP contribution in [-0.4, -0.2) is 16.1 Å². The minimum Gasteiger partial charge on any atom is -0.300 e. The van der Waals surface area contributed by atoms with Crippen molar-refractivity contribution in [1.29, 1.82) is 0 Å². The van der Waals surface area contributed by atoms with Gasteiger partial charge >= 0.3 is 6.18 Å². The van der Waals surface area contributed by atoms with E-state index in [1.807, 2.05) is 0 Å². The minimum atomic E-state index is -4.51. The summed E-state index contributed by atoms with van der Waals surface area (Å²) in [4.78, 5) is 20.2. The fourth-order valence-corrected chi connectivity index (χ4v) is 2.85. The molecule has 1 saturated heterocycles. The molecule has 0 bridgehead atoms. The van der Waals surface area contributed by atoms with Gasteiger partial charge in [-0.1, -0.05) is 18.2 Å². The van der Waals surface area contributed by atoms with Crippen LogP contribution >= 0.6 is 11.8 Å². The third kappa shape index (κ3) is 3.65. The van der Waals surface area contributed by atoms with Crippen LogP contribution in [0.15, 0.2) is 58.7 Å². The molecule has 24 heavy (non-hydrogen) atoms. The lowest BCUT2D eigenvalue weighted by atomic mass is 10.2. The summed E-state index contributed by atoms with van der Waals surface area (Å²) in [5, 5.41) is 2.57. The Labute approximate surface area is 139 Å². The lowest BCUT2D eigenvalue weighted by Crippen LogP contribution is -2.19. The zero-order valence-electron chi connectivity index (χ0n) is 12.0. The molecule has 8 heteroatoms. The molecular formula is C16H10F3N3OS. The Morgan fingerprint density at radius 2 is 1.96 bits per heavy atom. The second-order valence-corrected chi connectivity index (χ2v) is 5.81. The van der Waals surface area contributed by atoms with Crippen LogP contribution in [0.1, 0.15) is 11.1 Å². The first kappa shape index (κ1) is 16.3. The number of alkyl halides is 3. The fraction of sp³-hybridized carbons (Fsp3) is 0.0625. The van der Waals surface area contributed by atoms with Gasteiger partial charge in [-0.05, 0) is 41.6 Å². The third-order valence-corrected chi connectivity index (χ3v) is 3.97. The average molecular weight is 349 g/mol. The van der Waals surface area contributed by atoms with E-state index in [-0.39, 0.29) is 10.9 Å². The van der Waals surface area contributed by atoms with Crippen molar-refractivity contribution in [3.8, 4) is 0 Å². The highest BCUT2D eigenvalue weighted by Crippen LogP contribution is 2.37. The summed E-state index contributed by atoms with van der Waals surface area (Å²) in [6, 6.07) is 8.45. The second kappa shape index (κ2) is 6.48. The van der Waals surface area contributed by atoms with Crippen LogP contribution in [0.3, 0.4) is 0 Å². The van der Waals surface area contributed by atoms with Crippen LogP contribution in [0, 0.1) is 0 Å². The first-order chi connectivity index (χ1) is 11.4. The Morgan fingerprint density at radius 3 is 2.67 bits per heavy atom. The van der Waals surface area contributed by atoms with Crippen molar-refractivity contribution < 1.29 is 18.0 Å². The molecule has 1 N–H and O–H groups in total. The Kier molecular flexibility index (Phi) is 4.39. The van der Waals surface area contributed by atoms with Crippen molar-refractivity contribution in [1.82, 2.24) is 10.3 Å². The molecule has 1 fully saturated rings. The maximum absolute atomic E-state index is 13.0. The van der Waals surface area contributed by atoms with Gasteiger partial charge in [-0.15, -0.1) is 0 Å². The third-order valence-electron chi connectivity index (χ3n) is 3.06. The van der Waals surface area contributed by atoms with Crippen molar-refractivity contribution in [2.24, 2.45) is 4.99 Å². The lowest BCUT2D eigenvalue weighted by Gasteiger charge is -2.09. The number of pyridine rings is 1. The van der Waals surface area contributed by atoms with Gasteiger partial charge in [0.25, 0.3) is 5.91 Å². The summed E-state index contributed by atoms with van der Waals surface area (Å²) in [6.07, 6.45) is 0.271. The molecule has 1 aliphatic rings. The van der Waals surface area contributed by atoms with E-state index in [9.17, 15) is 18.0 Å². The summed E-state index contributed by atoms with van der Waals surface area (Å²) in [5.74, 6) is -0.410. The van der Waals surface area contributed by atoms with E-state index >= 15 is 0 Å². The van der Waals surface area contributed by atoms with E-state index in [1.54, 1.807) is 30.6 Å². The highest BCUT2D eigenvalue weighted by Gasteiger charge is 2.34. The maximum atomic E-state index is 13.0. The molecule has 1 aromatic heterocycles. The largest absolute Gasteiger partial charge is 0.418 e. The molecule has 0 atom stereocenters. The number of nitrogens with zero attached hydrogens (tertiary/aromatic N) is 2. The van der Waals surface area contributed by atoms with Crippen LogP contribution in [0.25, 0.3) is 6.08 Å². The zero-order chi connectivity index (χ0) is 17.2. The molecule has 4 nitrogen and oxygen atoms in total. The van der Waals surface area contributed by atoms with E-state index < -0.39 is 17.6 Å². The standard InChI is InChI=1S/C16H10F3N3OS/c17-16(18,19)11-5-1-2-6-12(11)21-15-22-14(23)13(24-15)8-10-4-3-7-20-9-10/h1-9H,(H,21,22,23). The molecular weight excluding hydrogens is 339 g/mol. The molecule has 122 valence electrons. The quantitative estimate of drug-likeness (QED) is 0.834. The smallest absolute Gasteiger partial charge is 0.300 e. The van der Waals surface area contributed by atoms with Crippen LogP contribution in [0.5, 0.6) is 0 Å². The molecule has 0 spiro atoms. The van der Waals surface area contributed by atoms with Gasteiger partial charge in [0.1, 0.15) is 0 Å². The Bertz CT molecular complexity index is 832. The van der Waals surface area contributed by atoms with Gasteiger partial charge in [0.15, 0.2) is 5.17 Å². The number of nitrogens with one attached hydrogen (secondary N) is 1. The van der Waals surface area contributed by atoms with Crippen molar-refractivity contribution in [2.75, 3.05) is 0 Å². The summed E-state index contributed by atoms with van der Waals surface area (Å²) >= 11 is 0.983. The van der Waals surface area contributed by atoms with Crippen LogP contribution in [0.2, 0.25) is 0 Å². The first-order valence-electron chi connectivity index (χ1n) is 6.79. The van der Waals surface area contributed by atoms with Crippen LogP contribution < -0.4 is 5.32 Å². The monoisotopic (exact) mass is 349 g/mol. The van der Waals surface area contributed by atoms with Crippen molar-refractivity contribution in [3.63, 3.8) is 0 Å². The number of benzene rings is 1. The minimum absolute atomic E-state index is 0.104. The number of rotatable bonds is 2. The molecule has 1 amide bonds. The molecule has 3 rings (SSSR count). The highest BCUT2D eigenvalue weighted by atomic mass is 32.2. The number of amidine groups is 1. The molecule has 2 aromatic rings.